The van der Waals surface area contributed by atoms with Crippen LogP contribution in [0.5, 0.6) is 5.75 Å². The number of carbonyl (C=O) groups excluding carboxylic acids is 1. The highest BCUT2D eigenvalue weighted by Crippen LogP contribution is 2.25. The van der Waals surface area contributed by atoms with Gasteiger partial charge in [0.15, 0.2) is 0 Å². The van der Waals surface area contributed by atoms with Crippen LogP contribution in [0.2, 0.25) is 0 Å². The molecule has 2 rings (SSSR count). The first-order chi connectivity index (χ1) is 9.56. The van der Waals surface area contributed by atoms with Gasteiger partial charge in [0, 0.05) is 6.20 Å². The summed E-state index contributed by atoms with van der Waals surface area (Å²) in [6.07, 6.45) is 2.75. The number of amides is 1. The molecular weight excluding hydrogens is 268 g/mol. The first-order valence-corrected chi connectivity index (χ1v) is 5.70. The van der Waals surface area contributed by atoms with Crippen molar-refractivity contribution in [1.82, 2.24) is 9.97 Å². The Morgan fingerprint density at radius 1 is 1.25 bits per heavy atom. The molecule has 5 nitrogen and oxygen atoms in total. The molecule has 1 amide bonds. The maximum absolute atomic E-state index is 12.2. The molecule has 0 radical (unpaired) electrons. The average Bonchev–Trinajstić information content (AvgIpc) is 2.41. The summed E-state index contributed by atoms with van der Waals surface area (Å²) < 4.78 is 28.8. The SMILES string of the molecule is Cc1cnc(C(=O)Nc2ccccc2OC(F)F)cn1. The lowest BCUT2D eigenvalue weighted by molar-refractivity contribution is -0.0493. The molecule has 0 aliphatic heterocycles. The third-order valence-corrected chi connectivity index (χ3v) is 2.36. The van der Waals surface area contributed by atoms with Crippen LogP contribution in [0.4, 0.5) is 14.5 Å². The zero-order valence-electron chi connectivity index (χ0n) is 10.5. The number of hydrogen-bond acceptors (Lipinski definition) is 4. The number of para-hydroxylation sites is 2. The Labute approximate surface area is 113 Å². The topological polar surface area (TPSA) is 64.1 Å². The predicted molar refractivity (Wildman–Crippen MR) is 67.8 cm³/mol. The molecule has 7 heteroatoms. The second-order valence-corrected chi connectivity index (χ2v) is 3.87. The van der Waals surface area contributed by atoms with Crippen LogP contribution >= 0.6 is 0 Å². The zero-order chi connectivity index (χ0) is 14.5. The molecule has 0 aliphatic rings. The molecule has 0 fully saturated rings. The second kappa shape index (κ2) is 6.05. The molecule has 0 atom stereocenters. The lowest BCUT2D eigenvalue weighted by Gasteiger charge is -2.11. The minimum atomic E-state index is -2.97. The number of nitrogens with zero attached hydrogens (tertiary/aromatic N) is 2. The van der Waals surface area contributed by atoms with E-state index < -0.39 is 12.5 Å². The number of alkyl halides is 2. The number of ether oxygens (including phenoxy) is 1. The van der Waals surface area contributed by atoms with Gasteiger partial charge >= 0.3 is 6.61 Å². The number of hydrogen-bond donors (Lipinski definition) is 1. The molecule has 1 aromatic carbocycles. The highest BCUT2D eigenvalue weighted by molar-refractivity contribution is 6.03. The number of anilines is 1. The highest BCUT2D eigenvalue weighted by atomic mass is 19.3. The van der Waals surface area contributed by atoms with Gasteiger partial charge in [-0.3, -0.25) is 9.78 Å². The van der Waals surface area contributed by atoms with Gasteiger partial charge in [0.05, 0.1) is 17.6 Å². The monoisotopic (exact) mass is 279 g/mol. The van der Waals surface area contributed by atoms with E-state index in [1.807, 2.05) is 0 Å². The molecule has 0 saturated heterocycles. The molecule has 0 spiro atoms. The molecular formula is C13H11F2N3O2. The summed E-state index contributed by atoms with van der Waals surface area (Å²) in [5.41, 5.74) is 0.894. The Hall–Kier alpha value is -2.57. The molecule has 2 aromatic rings. The summed E-state index contributed by atoms with van der Waals surface area (Å²) >= 11 is 0. The summed E-state index contributed by atoms with van der Waals surface area (Å²) in [6.45, 7) is -1.23. The minimum Gasteiger partial charge on any atom is -0.433 e. The van der Waals surface area contributed by atoms with E-state index in [0.29, 0.717) is 5.69 Å². The van der Waals surface area contributed by atoms with Crippen LogP contribution in [0, 0.1) is 6.92 Å². The van der Waals surface area contributed by atoms with E-state index in [9.17, 15) is 13.6 Å². The molecule has 1 heterocycles. The van der Waals surface area contributed by atoms with Crippen LogP contribution in [0.3, 0.4) is 0 Å². The number of nitrogens with one attached hydrogen (secondary N) is 1. The van der Waals surface area contributed by atoms with Gasteiger partial charge in [0.2, 0.25) is 0 Å². The zero-order valence-corrected chi connectivity index (χ0v) is 10.5. The number of halogens is 2. The van der Waals surface area contributed by atoms with E-state index in [2.05, 4.69) is 20.0 Å². The fourth-order valence-corrected chi connectivity index (χ4v) is 1.46. The fourth-order valence-electron chi connectivity index (χ4n) is 1.46. The van der Waals surface area contributed by atoms with Gasteiger partial charge in [-0.05, 0) is 19.1 Å². The predicted octanol–water partition coefficient (Wildman–Crippen LogP) is 2.64. The van der Waals surface area contributed by atoms with Gasteiger partial charge in [-0.1, -0.05) is 12.1 Å². The van der Waals surface area contributed by atoms with Gasteiger partial charge < -0.3 is 10.1 Å². The van der Waals surface area contributed by atoms with Gasteiger partial charge in [0.25, 0.3) is 5.91 Å². The average molecular weight is 279 g/mol. The van der Waals surface area contributed by atoms with Crippen LogP contribution < -0.4 is 10.1 Å². The number of carbonyl (C=O) groups is 1. The third-order valence-electron chi connectivity index (χ3n) is 2.36. The van der Waals surface area contributed by atoms with Crippen molar-refractivity contribution < 1.29 is 18.3 Å². The van der Waals surface area contributed by atoms with Crippen molar-refractivity contribution in [2.24, 2.45) is 0 Å². The van der Waals surface area contributed by atoms with E-state index in [-0.39, 0.29) is 17.1 Å². The Morgan fingerprint density at radius 3 is 2.65 bits per heavy atom. The first kappa shape index (κ1) is 13.9. The van der Waals surface area contributed by atoms with Crippen molar-refractivity contribution in [2.75, 3.05) is 5.32 Å². The maximum atomic E-state index is 12.2. The van der Waals surface area contributed by atoms with E-state index in [4.69, 9.17) is 0 Å². The summed E-state index contributed by atoms with van der Waals surface area (Å²) in [5, 5.41) is 2.45. The smallest absolute Gasteiger partial charge is 0.387 e. The van der Waals surface area contributed by atoms with Crippen LogP contribution in [0.1, 0.15) is 16.2 Å². The summed E-state index contributed by atoms with van der Waals surface area (Å²) in [4.78, 5) is 19.7. The Morgan fingerprint density at radius 2 is 2.00 bits per heavy atom. The molecule has 1 aromatic heterocycles. The summed E-state index contributed by atoms with van der Waals surface area (Å²) in [5.74, 6) is -0.668. The maximum Gasteiger partial charge on any atom is 0.387 e. The quantitative estimate of drug-likeness (QED) is 0.934. The van der Waals surface area contributed by atoms with E-state index in [0.717, 1.165) is 0 Å². The number of benzene rings is 1. The van der Waals surface area contributed by atoms with Gasteiger partial charge in [0.1, 0.15) is 11.4 Å². The molecule has 0 bridgehead atoms. The molecule has 20 heavy (non-hydrogen) atoms. The fraction of sp³-hybridized carbons (Fsp3) is 0.154. The van der Waals surface area contributed by atoms with Crippen LogP contribution in [-0.4, -0.2) is 22.5 Å². The van der Waals surface area contributed by atoms with Crippen LogP contribution in [-0.2, 0) is 0 Å². The Bertz CT molecular complexity index is 603. The lowest BCUT2D eigenvalue weighted by Crippen LogP contribution is -2.15. The molecule has 1 N–H and O–H groups in total. The normalized spacial score (nSPS) is 10.4. The van der Waals surface area contributed by atoms with E-state index >= 15 is 0 Å². The van der Waals surface area contributed by atoms with Crippen molar-refractivity contribution in [3.8, 4) is 5.75 Å². The van der Waals surface area contributed by atoms with Crippen molar-refractivity contribution >= 4 is 11.6 Å². The van der Waals surface area contributed by atoms with Gasteiger partial charge in [-0.25, -0.2) is 4.98 Å². The van der Waals surface area contributed by atoms with Gasteiger partial charge in [-0.2, -0.15) is 8.78 Å². The number of rotatable bonds is 4. The number of aromatic nitrogens is 2. The minimum absolute atomic E-state index is 0.0856. The third kappa shape index (κ3) is 3.47. The molecule has 104 valence electrons. The van der Waals surface area contributed by atoms with Crippen molar-refractivity contribution in [1.29, 1.82) is 0 Å². The number of aryl methyl sites for hydroxylation is 1. The van der Waals surface area contributed by atoms with Crippen molar-refractivity contribution in [3.63, 3.8) is 0 Å². The Balaban J connectivity index is 2.17. The van der Waals surface area contributed by atoms with Crippen LogP contribution in [0.15, 0.2) is 36.7 Å². The van der Waals surface area contributed by atoms with E-state index in [1.165, 1.54) is 30.6 Å². The molecule has 0 aliphatic carbocycles. The Kier molecular flexibility index (Phi) is 4.19. The van der Waals surface area contributed by atoms with Crippen LogP contribution in [0.25, 0.3) is 0 Å². The lowest BCUT2D eigenvalue weighted by atomic mass is 10.3. The van der Waals surface area contributed by atoms with E-state index in [1.54, 1.807) is 13.0 Å². The highest BCUT2D eigenvalue weighted by Gasteiger charge is 2.13. The first-order valence-electron chi connectivity index (χ1n) is 5.70. The van der Waals surface area contributed by atoms with Gasteiger partial charge in [-0.15, -0.1) is 0 Å². The molecule has 0 unspecified atom stereocenters. The summed E-state index contributed by atoms with van der Waals surface area (Å²) in [6, 6.07) is 5.91. The van der Waals surface area contributed by atoms with Crippen molar-refractivity contribution in [3.05, 3.63) is 48.0 Å². The van der Waals surface area contributed by atoms with Crippen molar-refractivity contribution in [2.45, 2.75) is 13.5 Å². The summed E-state index contributed by atoms with van der Waals surface area (Å²) in [7, 11) is 0. The standard InChI is InChI=1S/C13H11F2N3O2/c1-8-6-17-10(7-16-8)12(19)18-9-4-2-3-5-11(9)20-13(14)15/h2-7,13H,1H3,(H,18,19). The largest absolute Gasteiger partial charge is 0.433 e. The second-order valence-electron chi connectivity index (χ2n) is 3.87. The molecule has 0 saturated carbocycles.